The lowest BCUT2D eigenvalue weighted by Gasteiger charge is -2.03. The van der Waals surface area contributed by atoms with Crippen molar-refractivity contribution >= 4 is 33.8 Å². The molecule has 0 saturated heterocycles. The second kappa shape index (κ2) is 6.72. The van der Waals surface area contributed by atoms with Crippen LogP contribution in [0.5, 0.6) is 0 Å². The van der Waals surface area contributed by atoms with Crippen LogP contribution < -0.4 is 10.9 Å². The van der Waals surface area contributed by atoms with Gasteiger partial charge in [0.05, 0.1) is 0 Å². The molecule has 5 nitrogen and oxygen atoms in total. The molecule has 1 aromatic carbocycles. The molecule has 0 aliphatic carbocycles. The minimum absolute atomic E-state index is 0.351. The Bertz CT molecular complexity index is 635. The normalized spacial score (nSPS) is 10.4. The number of hydrogen-bond donors (Lipinski definition) is 3. The Labute approximate surface area is 124 Å². The Morgan fingerprint density at radius 2 is 1.90 bits per heavy atom. The maximum Gasteiger partial charge on any atom is 0.286 e. The van der Waals surface area contributed by atoms with E-state index in [2.05, 4.69) is 31.8 Å². The second-order valence-corrected chi connectivity index (χ2v) is 4.83. The molecule has 2 rings (SSSR count). The average molecular weight is 334 g/mol. The predicted octanol–water partition coefficient (Wildman–Crippen LogP) is 2.25. The standard InChI is InChI=1S/C14H12BrN3O2/c15-11-8-12(16-9-11)14(20)18-17-13(19)7-6-10-4-2-1-3-5-10/h1-9,16H,(H,17,19)(H,18,20)/b7-6+. The van der Waals surface area contributed by atoms with Gasteiger partial charge in [-0.25, -0.2) is 0 Å². The first-order chi connectivity index (χ1) is 9.65. The van der Waals surface area contributed by atoms with Crippen molar-refractivity contribution in [2.75, 3.05) is 0 Å². The summed E-state index contributed by atoms with van der Waals surface area (Å²) < 4.78 is 0.762. The lowest BCUT2D eigenvalue weighted by molar-refractivity contribution is -0.117. The van der Waals surface area contributed by atoms with Crippen LogP contribution in [0.2, 0.25) is 0 Å². The fourth-order valence-electron chi connectivity index (χ4n) is 1.46. The van der Waals surface area contributed by atoms with Gasteiger partial charge in [0, 0.05) is 16.7 Å². The SMILES string of the molecule is O=C(/C=C/c1ccccc1)NNC(=O)c1cc(Br)c[nH]1. The van der Waals surface area contributed by atoms with Crippen molar-refractivity contribution in [1.29, 1.82) is 0 Å². The number of aromatic nitrogens is 1. The number of nitrogens with one attached hydrogen (secondary N) is 3. The molecule has 2 aromatic rings. The number of benzene rings is 1. The molecule has 102 valence electrons. The summed E-state index contributed by atoms with van der Waals surface area (Å²) in [4.78, 5) is 25.9. The third-order valence-corrected chi connectivity index (χ3v) is 2.88. The van der Waals surface area contributed by atoms with Gasteiger partial charge in [0.15, 0.2) is 0 Å². The first-order valence-electron chi connectivity index (χ1n) is 5.82. The lowest BCUT2D eigenvalue weighted by atomic mass is 10.2. The van der Waals surface area contributed by atoms with Crippen molar-refractivity contribution in [2.24, 2.45) is 0 Å². The molecule has 1 aromatic heterocycles. The van der Waals surface area contributed by atoms with Gasteiger partial charge < -0.3 is 4.98 Å². The van der Waals surface area contributed by atoms with E-state index in [1.165, 1.54) is 6.08 Å². The number of carbonyl (C=O) groups is 2. The zero-order chi connectivity index (χ0) is 14.4. The summed E-state index contributed by atoms with van der Waals surface area (Å²) in [7, 11) is 0. The number of halogens is 1. The maximum atomic E-state index is 11.6. The van der Waals surface area contributed by atoms with Crippen LogP contribution in [-0.4, -0.2) is 16.8 Å². The van der Waals surface area contributed by atoms with Crippen LogP contribution in [0.3, 0.4) is 0 Å². The first kappa shape index (κ1) is 14.1. The van der Waals surface area contributed by atoms with E-state index >= 15 is 0 Å². The number of H-pyrrole nitrogens is 1. The zero-order valence-electron chi connectivity index (χ0n) is 10.4. The summed E-state index contributed by atoms with van der Waals surface area (Å²) >= 11 is 3.22. The Hall–Kier alpha value is -2.34. The van der Waals surface area contributed by atoms with E-state index in [1.54, 1.807) is 18.3 Å². The summed E-state index contributed by atoms with van der Waals surface area (Å²) in [5, 5.41) is 0. The highest BCUT2D eigenvalue weighted by Crippen LogP contribution is 2.09. The topological polar surface area (TPSA) is 74.0 Å². The molecule has 0 saturated carbocycles. The Morgan fingerprint density at radius 3 is 2.55 bits per heavy atom. The number of hydrogen-bond acceptors (Lipinski definition) is 2. The molecule has 3 N–H and O–H groups in total. The van der Waals surface area contributed by atoms with Gasteiger partial charge in [0.25, 0.3) is 11.8 Å². The first-order valence-corrected chi connectivity index (χ1v) is 6.62. The average Bonchev–Trinajstić information content (AvgIpc) is 2.90. The predicted molar refractivity (Wildman–Crippen MR) is 79.6 cm³/mol. The smallest absolute Gasteiger partial charge is 0.286 e. The fourth-order valence-corrected chi connectivity index (χ4v) is 1.81. The molecule has 0 bridgehead atoms. The van der Waals surface area contributed by atoms with Gasteiger partial charge in [-0.3, -0.25) is 20.4 Å². The van der Waals surface area contributed by atoms with Crippen LogP contribution in [-0.2, 0) is 4.79 Å². The molecular formula is C14H12BrN3O2. The minimum Gasteiger partial charge on any atom is -0.356 e. The summed E-state index contributed by atoms with van der Waals surface area (Å²) in [5.41, 5.74) is 5.86. The van der Waals surface area contributed by atoms with Crippen molar-refractivity contribution in [2.45, 2.75) is 0 Å². The van der Waals surface area contributed by atoms with Crippen LogP contribution in [0.25, 0.3) is 6.08 Å². The van der Waals surface area contributed by atoms with Crippen LogP contribution in [0.1, 0.15) is 16.1 Å². The number of hydrazine groups is 1. The summed E-state index contributed by atoms with van der Waals surface area (Å²) in [6, 6.07) is 11.0. The molecule has 0 atom stereocenters. The molecule has 20 heavy (non-hydrogen) atoms. The molecule has 0 unspecified atom stereocenters. The van der Waals surface area contributed by atoms with Crippen LogP contribution in [0, 0.1) is 0 Å². The second-order valence-electron chi connectivity index (χ2n) is 3.92. The molecule has 0 spiro atoms. The summed E-state index contributed by atoms with van der Waals surface area (Å²) in [6.45, 7) is 0. The van der Waals surface area contributed by atoms with Crippen molar-refractivity contribution in [1.82, 2.24) is 15.8 Å². The molecule has 0 aliphatic rings. The van der Waals surface area contributed by atoms with E-state index in [1.807, 2.05) is 30.3 Å². The van der Waals surface area contributed by atoms with E-state index in [-0.39, 0.29) is 0 Å². The Kier molecular flexibility index (Phi) is 4.73. The van der Waals surface area contributed by atoms with Crippen LogP contribution >= 0.6 is 15.9 Å². The molecular weight excluding hydrogens is 322 g/mol. The van der Waals surface area contributed by atoms with E-state index in [4.69, 9.17) is 0 Å². The fraction of sp³-hybridized carbons (Fsp3) is 0. The third kappa shape index (κ3) is 4.10. The number of amides is 2. The highest BCUT2D eigenvalue weighted by Gasteiger charge is 2.07. The maximum absolute atomic E-state index is 11.6. The van der Waals surface area contributed by atoms with E-state index < -0.39 is 11.8 Å². The van der Waals surface area contributed by atoms with E-state index in [9.17, 15) is 9.59 Å². The van der Waals surface area contributed by atoms with Crippen molar-refractivity contribution in [3.63, 3.8) is 0 Å². The lowest BCUT2D eigenvalue weighted by Crippen LogP contribution is -2.40. The zero-order valence-corrected chi connectivity index (χ0v) is 12.0. The molecule has 0 fully saturated rings. The van der Waals surface area contributed by atoms with Crippen LogP contribution in [0.4, 0.5) is 0 Å². The monoisotopic (exact) mass is 333 g/mol. The number of carbonyl (C=O) groups excluding carboxylic acids is 2. The molecule has 1 heterocycles. The number of rotatable bonds is 3. The van der Waals surface area contributed by atoms with Gasteiger partial charge in [0.1, 0.15) is 5.69 Å². The third-order valence-electron chi connectivity index (χ3n) is 2.42. The van der Waals surface area contributed by atoms with Crippen LogP contribution in [0.15, 0.2) is 53.1 Å². The quantitative estimate of drug-likeness (QED) is 0.595. The highest BCUT2D eigenvalue weighted by molar-refractivity contribution is 9.10. The van der Waals surface area contributed by atoms with Crippen molar-refractivity contribution in [3.8, 4) is 0 Å². The van der Waals surface area contributed by atoms with E-state index in [0.717, 1.165) is 10.0 Å². The summed E-state index contributed by atoms with van der Waals surface area (Å²) in [5.74, 6) is -0.829. The molecule has 6 heteroatoms. The largest absolute Gasteiger partial charge is 0.356 e. The molecule has 0 radical (unpaired) electrons. The van der Waals surface area contributed by atoms with Gasteiger partial charge in [-0.15, -0.1) is 0 Å². The molecule has 0 aliphatic heterocycles. The van der Waals surface area contributed by atoms with Crippen molar-refractivity contribution < 1.29 is 9.59 Å². The molecule has 2 amide bonds. The number of aromatic amines is 1. The van der Waals surface area contributed by atoms with Gasteiger partial charge in [0.2, 0.25) is 0 Å². The minimum atomic E-state index is -0.419. The van der Waals surface area contributed by atoms with Gasteiger partial charge in [-0.1, -0.05) is 30.3 Å². The Morgan fingerprint density at radius 1 is 1.15 bits per heavy atom. The van der Waals surface area contributed by atoms with Crippen molar-refractivity contribution in [3.05, 3.63) is 64.4 Å². The van der Waals surface area contributed by atoms with Gasteiger partial charge >= 0.3 is 0 Å². The van der Waals surface area contributed by atoms with E-state index in [0.29, 0.717) is 5.69 Å². The summed E-state index contributed by atoms with van der Waals surface area (Å²) in [6.07, 6.45) is 4.64. The van der Waals surface area contributed by atoms with Gasteiger partial charge in [-0.2, -0.15) is 0 Å². The highest BCUT2D eigenvalue weighted by atomic mass is 79.9. The van der Waals surface area contributed by atoms with Gasteiger partial charge in [-0.05, 0) is 33.6 Å². The Balaban J connectivity index is 1.83.